The summed E-state index contributed by atoms with van der Waals surface area (Å²) in [4.78, 5) is 22.5. The monoisotopic (exact) mass is 447 g/mol. The Kier molecular flexibility index (Phi) is 6.42. The summed E-state index contributed by atoms with van der Waals surface area (Å²) in [6, 6.07) is 5.97. The first-order chi connectivity index (χ1) is 15.0. The molecule has 0 saturated heterocycles. The molecule has 4 aromatic rings. The van der Waals surface area contributed by atoms with E-state index in [2.05, 4.69) is 38.4 Å². The third-order valence-electron chi connectivity index (χ3n) is 4.34. The lowest BCUT2D eigenvalue weighted by molar-refractivity contribution is -0.192. The van der Waals surface area contributed by atoms with Gasteiger partial charge in [0.2, 0.25) is 5.95 Å². The summed E-state index contributed by atoms with van der Waals surface area (Å²) in [5.41, 5.74) is 5.88. The van der Waals surface area contributed by atoms with Crippen LogP contribution < -0.4 is 5.32 Å². The highest BCUT2D eigenvalue weighted by molar-refractivity contribution is 5.73. The lowest BCUT2D eigenvalue weighted by atomic mass is 10.2. The highest BCUT2D eigenvalue weighted by atomic mass is 19.4. The molecule has 0 fully saturated rings. The zero-order chi connectivity index (χ0) is 23.5. The van der Waals surface area contributed by atoms with E-state index in [9.17, 15) is 13.2 Å². The van der Waals surface area contributed by atoms with Crippen LogP contribution in [0.2, 0.25) is 0 Å². The van der Waals surface area contributed by atoms with E-state index in [0.717, 1.165) is 33.9 Å². The summed E-state index contributed by atoms with van der Waals surface area (Å²) in [5, 5.41) is 14.7. The summed E-state index contributed by atoms with van der Waals surface area (Å²) in [5.74, 6) is -2.18. The van der Waals surface area contributed by atoms with Gasteiger partial charge in [-0.3, -0.25) is 4.68 Å². The van der Waals surface area contributed by atoms with E-state index in [-0.39, 0.29) is 0 Å². The number of aliphatic carboxylic acids is 1. The molecule has 0 spiro atoms. The molecule has 0 aliphatic heterocycles. The van der Waals surface area contributed by atoms with Crippen molar-refractivity contribution in [2.75, 3.05) is 5.32 Å². The van der Waals surface area contributed by atoms with Crippen molar-refractivity contribution in [1.82, 2.24) is 29.1 Å². The van der Waals surface area contributed by atoms with Gasteiger partial charge in [-0.25, -0.2) is 19.7 Å². The minimum absolute atomic E-state index is 0.566. The number of rotatable bonds is 4. The summed E-state index contributed by atoms with van der Waals surface area (Å²) in [6.45, 7) is 4.60. The Hall–Kier alpha value is -3.96. The van der Waals surface area contributed by atoms with Crippen LogP contribution in [0.25, 0.3) is 16.9 Å². The first kappa shape index (κ1) is 22.7. The molecule has 0 aliphatic rings. The molecule has 0 atom stereocenters. The van der Waals surface area contributed by atoms with Crippen molar-refractivity contribution in [1.29, 1.82) is 0 Å². The lowest BCUT2D eigenvalue weighted by Crippen LogP contribution is -2.21. The van der Waals surface area contributed by atoms with Gasteiger partial charge in [-0.2, -0.15) is 18.3 Å². The number of aryl methyl sites for hydroxylation is 3. The molecule has 2 N–H and O–H groups in total. The van der Waals surface area contributed by atoms with Gasteiger partial charge in [-0.15, -0.1) is 0 Å². The van der Waals surface area contributed by atoms with Crippen molar-refractivity contribution in [2.45, 2.75) is 26.6 Å². The zero-order valence-corrected chi connectivity index (χ0v) is 17.4. The fraction of sp³-hybridized carbons (Fsp3) is 0.250. The van der Waals surface area contributed by atoms with Crippen molar-refractivity contribution < 1.29 is 23.1 Å². The van der Waals surface area contributed by atoms with Crippen LogP contribution in [0, 0.1) is 13.8 Å². The second-order valence-electron chi connectivity index (χ2n) is 6.88. The van der Waals surface area contributed by atoms with Gasteiger partial charge in [0.05, 0.1) is 23.6 Å². The number of alkyl halides is 3. The van der Waals surface area contributed by atoms with Crippen LogP contribution in [-0.2, 0) is 18.4 Å². The fourth-order valence-electron chi connectivity index (χ4n) is 2.90. The Morgan fingerprint density at radius 3 is 2.50 bits per heavy atom. The van der Waals surface area contributed by atoms with Gasteiger partial charge in [0.15, 0.2) is 0 Å². The number of pyridine rings is 1. The van der Waals surface area contributed by atoms with Crippen molar-refractivity contribution in [3.8, 4) is 11.3 Å². The number of aromatic nitrogens is 6. The molecule has 4 rings (SSSR count). The van der Waals surface area contributed by atoms with Crippen molar-refractivity contribution in [2.24, 2.45) is 7.05 Å². The molecule has 9 nitrogen and oxygen atoms in total. The van der Waals surface area contributed by atoms with E-state index in [1.807, 2.05) is 49.1 Å². The number of carboxylic acid groups (broad SMARTS) is 1. The van der Waals surface area contributed by atoms with Crippen LogP contribution in [-0.4, -0.2) is 46.4 Å². The molecule has 4 heterocycles. The lowest BCUT2D eigenvalue weighted by Gasteiger charge is -2.04. The first-order valence-electron chi connectivity index (χ1n) is 9.35. The summed E-state index contributed by atoms with van der Waals surface area (Å²) in [7, 11) is 1.91. The standard InChI is InChI=1S/C18H19N7.C2HF3O2/c1-12-5-4-8-25-10-14(21-17(12)25)9-20-18-19-7-6-16(22-18)15-11-24(3)23-13(15)2;3-2(4,5)1(6)7/h4-8,10-11H,9H2,1-3H3,(H,19,20,22);(H,6,7). The summed E-state index contributed by atoms with van der Waals surface area (Å²) < 4.78 is 35.6. The third kappa shape index (κ3) is 5.39. The van der Waals surface area contributed by atoms with E-state index < -0.39 is 12.1 Å². The van der Waals surface area contributed by atoms with Gasteiger partial charge in [-0.1, -0.05) is 6.07 Å². The van der Waals surface area contributed by atoms with Gasteiger partial charge in [0, 0.05) is 37.4 Å². The van der Waals surface area contributed by atoms with Crippen LogP contribution in [0.3, 0.4) is 0 Å². The van der Waals surface area contributed by atoms with Gasteiger partial charge in [0.25, 0.3) is 0 Å². The molecule has 168 valence electrons. The van der Waals surface area contributed by atoms with Gasteiger partial charge in [0.1, 0.15) is 5.65 Å². The molecular formula is C20H20F3N7O2. The molecule has 0 aromatic carbocycles. The highest BCUT2D eigenvalue weighted by Gasteiger charge is 2.38. The van der Waals surface area contributed by atoms with E-state index in [1.165, 1.54) is 0 Å². The second-order valence-corrected chi connectivity index (χ2v) is 6.88. The maximum atomic E-state index is 10.6. The van der Waals surface area contributed by atoms with Crippen molar-refractivity contribution >= 4 is 17.6 Å². The molecule has 12 heteroatoms. The number of carboxylic acids is 1. The predicted octanol–water partition coefficient (Wildman–Crippen LogP) is 3.39. The van der Waals surface area contributed by atoms with Crippen LogP contribution in [0.4, 0.5) is 19.1 Å². The largest absolute Gasteiger partial charge is 0.490 e. The molecule has 0 amide bonds. The molecule has 0 bridgehead atoms. The van der Waals surface area contributed by atoms with E-state index in [1.54, 1.807) is 10.9 Å². The maximum absolute atomic E-state index is 10.6. The van der Waals surface area contributed by atoms with Crippen molar-refractivity contribution in [3.63, 3.8) is 0 Å². The molecule has 0 unspecified atom stereocenters. The summed E-state index contributed by atoms with van der Waals surface area (Å²) in [6.07, 6.45) is 2.66. The number of carbonyl (C=O) groups is 1. The minimum atomic E-state index is -5.08. The average molecular weight is 447 g/mol. The fourth-order valence-corrected chi connectivity index (χ4v) is 2.90. The van der Waals surface area contributed by atoms with E-state index in [0.29, 0.717) is 12.5 Å². The Balaban J connectivity index is 0.000000360. The van der Waals surface area contributed by atoms with Gasteiger partial charge in [-0.05, 0) is 31.5 Å². The maximum Gasteiger partial charge on any atom is 0.490 e. The predicted molar refractivity (Wildman–Crippen MR) is 110 cm³/mol. The smallest absolute Gasteiger partial charge is 0.475 e. The van der Waals surface area contributed by atoms with Gasteiger partial charge < -0.3 is 14.8 Å². The number of hydrogen-bond donors (Lipinski definition) is 2. The second kappa shape index (κ2) is 9.04. The normalized spacial score (nSPS) is 11.2. The van der Waals surface area contributed by atoms with Crippen LogP contribution in [0.1, 0.15) is 17.0 Å². The Morgan fingerprint density at radius 1 is 1.19 bits per heavy atom. The number of halogens is 3. The number of fused-ring (bicyclic) bond motifs is 1. The number of nitrogens with zero attached hydrogens (tertiary/aromatic N) is 6. The molecule has 0 radical (unpaired) electrons. The zero-order valence-electron chi connectivity index (χ0n) is 17.4. The quantitative estimate of drug-likeness (QED) is 0.493. The third-order valence-corrected chi connectivity index (χ3v) is 4.34. The van der Waals surface area contributed by atoms with Gasteiger partial charge >= 0.3 is 12.1 Å². The number of nitrogens with one attached hydrogen (secondary N) is 1. The molecule has 32 heavy (non-hydrogen) atoms. The molecule has 0 aliphatic carbocycles. The highest BCUT2D eigenvalue weighted by Crippen LogP contribution is 2.20. The van der Waals surface area contributed by atoms with E-state index >= 15 is 0 Å². The van der Waals surface area contributed by atoms with E-state index in [4.69, 9.17) is 9.90 Å². The SMILES string of the molecule is Cc1nn(C)cc1-c1ccnc(NCc2cn3cccc(C)c3n2)n1.O=C(O)C(F)(F)F. The Labute approximate surface area is 180 Å². The Morgan fingerprint density at radius 2 is 1.91 bits per heavy atom. The number of anilines is 1. The average Bonchev–Trinajstić information content (AvgIpc) is 3.29. The number of hydrogen-bond acceptors (Lipinski definition) is 6. The van der Waals surface area contributed by atoms with Crippen LogP contribution >= 0.6 is 0 Å². The minimum Gasteiger partial charge on any atom is -0.475 e. The Bertz CT molecular complexity index is 1250. The molecular weight excluding hydrogens is 427 g/mol. The van der Waals surface area contributed by atoms with Crippen LogP contribution in [0.5, 0.6) is 0 Å². The summed E-state index contributed by atoms with van der Waals surface area (Å²) >= 11 is 0. The number of imidazole rings is 1. The first-order valence-corrected chi connectivity index (χ1v) is 9.35. The molecule has 0 saturated carbocycles. The van der Waals surface area contributed by atoms with Crippen LogP contribution in [0.15, 0.2) is 43.0 Å². The topological polar surface area (TPSA) is 110 Å². The van der Waals surface area contributed by atoms with Crippen molar-refractivity contribution in [3.05, 3.63) is 59.9 Å². The molecule has 4 aromatic heterocycles.